The summed E-state index contributed by atoms with van der Waals surface area (Å²) in [4.78, 5) is 14.0. The molecule has 1 atom stereocenters. The first-order valence-corrected chi connectivity index (χ1v) is 7.36. The van der Waals surface area contributed by atoms with E-state index in [1.165, 1.54) is 0 Å². The number of hydrogen-bond donors (Lipinski definition) is 1. The quantitative estimate of drug-likeness (QED) is 0.885. The molecule has 1 saturated heterocycles. The minimum atomic E-state index is 0.000722. The molecule has 1 fully saturated rings. The summed E-state index contributed by atoms with van der Waals surface area (Å²) in [5.41, 5.74) is 2.05. The van der Waals surface area contributed by atoms with E-state index in [4.69, 9.17) is 0 Å². The molecule has 100 valence electrons. The van der Waals surface area contributed by atoms with Crippen molar-refractivity contribution in [2.75, 3.05) is 24.6 Å². The molecule has 0 saturated carbocycles. The Bertz CT molecular complexity index is 426. The third-order valence-electron chi connectivity index (χ3n) is 3.16. The summed E-state index contributed by atoms with van der Waals surface area (Å²) >= 11 is 1.90. The Morgan fingerprint density at radius 2 is 2.17 bits per heavy atom. The Morgan fingerprint density at radius 3 is 2.72 bits per heavy atom. The van der Waals surface area contributed by atoms with Crippen LogP contribution in [0.1, 0.15) is 24.2 Å². The maximum absolute atomic E-state index is 12.1. The molecule has 0 aromatic carbocycles. The highest BCUT2D eigenvalue weighted by molar-refractivity contribution is 7.99. The second kappa shape index (κ2) is 5.65. The number of rotatable bonds is 2. The summed E-state index contributed by atoms with van der Waals surface area (Å²) in [6, 6.07) is 0.0341. The number of urea groups is 1. The zero-order valence-corrected chi connectivity index (χ0v) is 12.0. The van der Waals surface area contributed by atoms with Crippen molar-refractivity contribution in [1.82, 2.24) is 20.0 Å². The number of aromatic nitrogens is 2. The van der Waals surface area contributed by atoms with Crippen molar-refractivity contribution in [2.24, 2.45) is 7.05 Å². The Labute approximate surface area is 112 Å². The van der Waals surface area contributed by atoms with Crippen molar-refractivity contribution in [3.05, 3.63) is 17.5 Å². The van der Waals surface area contributed by atoms with Gasteiger partial charge in [-0.3, -0.25) is 4.68 Å². The minimum Gasteiger partial charge on any atom is -0.331 e. The van der Waals surface area contributed by atoms with Crippen LogP contribution in [0, 0.1) is 6.92 Å². The van der Waals surface area contributed by atoms with E-state index in [0.717, 1.165) is 35.9 Å². The fourth-order valence-electron chi connectivity index (χ4n) is 2.16. The predicted molar refractivity (Wildman–Crippen MR) is 73.8 cm³/mol. The highest BCUT2D eigenvalue weighted by atomic mass is 32.2. The number of carbonyl (C=O) groups excluding carboxylic acids is 1. The lowest BCUT2D eigenvalue weighted by atomic mass is 10.1. The number of aryl methyl sites for hydroxylation is 2. The lowest BCUT2D eigenvalue weighted by Gasteiger charge is -2.28. The molecule has 18 heavy (non-hydrogen) atoms. The standard InChI is InChI=1S/C12H20N4OS/c1-9(11-8-15(3)14-10(11)2)13-12(17)16-4-6-18-7-5-16/h8-9H,4-7H2,1-3H3,(H,13,17). The molecule has 5 nitrogen and oxygen atoms in total. The van der Waals surface area contributed by atoms with Gasteiger partial charge in [-0.1, -0.05) is 0 Å². The third kappa shape index (κ3) is 2.98. The minimum absolute atomic E-state index is 0.000722. The van der Waals surface area contributed by atoms with Crippen molar-refractivity contribution in [1.29, 1.82) is 0 Å². The number of nitrogens with one attached hydrogen (secondary N) is 1. The van der Waals surface area contributed by atoms with Crippen LogP contribution in [0.25, 0.3) is 0 Å². The second-order valence-corrected chi connectivity index (χ2v) is 5.84. The van der Waals surface area contributed by atoms with Gasteiger partial charge in [-0.2, -0.15) is 16.9 Å². The van der Waals surface area contributed by atoms with E-state index in [0.29, 0.717) is 0 Å². The molecule has 1 unspecified atom stereocenters. The highest BCUT2D eigenvalue weighted by Gasteiger charge is 2.20. The Kier molecular flexibility index (Phi) is 4.16. The third-order valence-corrected chi connectivity index (χ3v) is 4.10. The molecule has 6 heteroatoms. The van der Waals surface area contributed by atoms with Crippen LogP contribution in [-0.4, -0.2) is 45.3 Å². The fourth-order valence-corrected chi connectivity index (χ4v) is 3.07. The molecular formula is C12H20N4OS. The van der Waals surface area contributed by atoms with Crippen LogP contribution in [0.5, 0.6) is 0 Å². The predicted octanol–water partition coefficient (Wildman–Crippen LogP) is 1.55. The van der Waals surface area contributed by atoms with Crippen LogP contribution in [-0.2, 0) is 7.05 Å². The van der Waals surface area contributed by atoms with Gasteiger partial charge in [-0.15, -0.1) is 0 Å². The molecular weight excluding hydrogens is 248 g/mol. The van der Waals surface area contributed by atoms with Gasteiger partial charge in [0.25, 0.3) is 0 Å². The average molecular weight is 268 g/mol. The van der Waals surface area contributed by atoms with E-state index in [1.807, 2.05) is 43.8 Å². The van der Waals surface area contributed by atoms with E-state index in [9.17, 15) is 4.79 Å². The maximum Gasteiger partial charge on any atom is 0.317 e. The topological polar surface area (TPSA) is 50.2 Å². The van der Waals surface area contributed by atoms with Gasteiger partial charge in [0.05, 0.1) is 11.7 Å². The number of carbonyl (C=O) groups is 1. The summed E-state index contributed by atoms with van der Waals surface area (Å²) in [7, 11) is 1.90. The van der Waals surface area contributed by atoms with Crippen molar-refractivity contribution >= 4 is 17.8 Å². The second-order valence-electron chi connectivity index (χ2n) is 4.61. The van der Waals surface area contributed by atoms with E-state index >= 15 is 0 Å². The first-order chi connectivity index (χ1) is 8.58. The van der Waals surface area contributed by atoms with Crippen LogP contribution in [0.15, 0.2) is 6.20 Å². The van der Waals surface area contributed by atoms with Crippen molar-refractivity contribution < 1.29 is 4.79 Å². The fraction of sp³-hybridized carbons (Fsp3) is 0.667. The number of thioether (sulfide) groups is 1. The summed E-state index contributed by atoms with van der Waals surface area (Å²) in [6.45, 7) is 5.65. The molecule has 2 amide bonds. The van der Waals surface area contributed by atoms with E-state index in [2.05, 4.69) is 10.4 Å². The van der Waals surface area contributed by atoms with Gasteiger partial charge in [0, 0.05) is 43.4 Å². The van der Waals surface area contributed by atoms with Crippen molar-refractivity contribution in [2.45, 2.75) is 19.9 Å². The zero-order valence-electron chi connectivity index (χ0n) is 11.1. The van der Waals surface area contributed by atoms with Crippen LogP contribution in [0.2, 0.25) is 0 Å². The van der Waals surface area contributed by atoms with Gasteiger partial charge in [-0.25, -0.2) is 4.79 Å². The number of nitrogens with zero attached hydrogens (tertiary/aromatic N) is 3. The summed E-state index contributed by atoms with van der Waals surface area (Å²) in [5, 5.41) is 7.34. The highest BCUT2D eigenvalue weighted by Crippen LogP contribution is 2.16. The summed E-state index contributed by atoms with van der Waals surface area (Å²) < 4.78 is 1.78. The van der Waals surface area contributed by atoms with Crippen molar-refractivity contribution in [3.8, 4) is 0 Å². The van der Waals surface area contributed by atoms with Gasteiger partial charge in [0.15, 0.2) is 0 Å². The molecule has 2 heterocycles. The molecule has 1 aliphatic rings. The van der Waals surface area contributed by atoms with Gasteiger partial charge in [0.1, 0.15) is 0 Å². The van der Waals surface area contributed by atoms with Crippen molar-refractivity contribution in [3.63, 3.8) is 0 Å². The van der Waals surface area contributed by atoms with E-state index in [-0.39, 0.29) is 12.1 Å². The average Bonchev–Trinajstić information content (AvgIpc) is 2.69. The summed E-state index contributed by atoms with van der Waals surface area (Å²) in [6.07, 6.45) is 1.96. The number of hydrogen-bond acceptors (Lipinski definition) is 3. The molecule has 0 spiro atoms. The normalized spacial score (nSPS) is 17.6. The molecule has 1 N–H and O–H groups in total. The largest absolute Gasteiger partial charge is 0.331 e. The first kappa shape index (κ1) is 13.3. The van der Waals surface area contributed by atoms with E-state index in [1.54, 1.807) is 4.68 Å². The van der Waals surface area contributed by atoms with E-state index < -0.39 is 0 Å². The lowest BCUT2D eigenvalue weighted by Crippen LogP contribution is -2.45. The molecule has 1 aliphatic heterocycles. The number of amides is 2. The molecule has 0 radical (unpaired) electrons. The van der Waals surface area contributed by atoms with Gasteiger partial charge in [-0.05, 0) is 13.8 Å². The zero-order chi connectivity index (χ0) is 13.1. The van der Waals surface area contributed by atoms with Crippen LogP contribution < -0.4 is 5.32 Å². The summed E-state index contributed by atoms with van der Waals surface area (Å²) in [5.74, 6) is 2.07. The molecule has 0 bridgehead atoms. The molecule has 1 aromatic heterocycles. The Morgan fingerprint density at radius 1 is 1.50 bits per heavy atom. The smallest absolute Gasteiger partial charge is 0.317 e. The van der Waals surface area contributed by atoms with Crippen LogP contribution in [0.3, 0.4) is 0 Å². The molecule has 2 rings (SSSR count). The van der Waals surface area contributed by atoms with Gasteiger partial charge < -0.3 is 10.2 Å². The lowest BCUT2D eigenvalue weighted by molar-refractivity contribution is 0.199. The Balaban J connectivity index is 1.96. The molecule has 0 aliphatic carbocycles. The van der Waals surface area contributed by atoms with Gasteiger partial charge >= 0.3 is 6.03 Å². The SMILES string of the molecule is Cc1nn(C)cc1C(C)NC(=O)N1CCSCC1. The molecule has 1 aromatic rings. The first-order valence-electron chi connectivity index (χ1n) is 6.21. The Hall–Kier alpha value is -1.17. The van der Waals surface area contributed by atoms with Crippen LogP contribution in [0.4, 0.5) is 4.79 Å². The van der Waals surface area contributed by atoms with Crippen LogP contribution >= 0.6 is 11.8 Å². The maximum atomic E-state index is 12.1. The monoisotopic (exact) mass is 268 g/mol. The van der Waals surface area contributed by atoms with Gasteiger partial charge in [0.2, 0.25) is 0 Å².